The highest BCUT2D eigenvalue weighted by Gasteiger charge is 2.21. The minimum Gasteiger partial charge on any atom is -0.324 e. The standard InChI is InChI=1S/C24H26N4OS/c1-6-28-19-10-8-7-9-18(19)20-22(28)25-23(27-26-20)30-15(2)21(29)16-11-13-17(14-12-16)24(3,4)5/h7-15H,6H2,1-5H3/t15-/m1/s1. The molecule has 30 heavy (non-hydrogen) atoms. The molecule has 0 aliphatic rings. The molecule has 0 saturated heterocycles. The van der Waals surface area contributed by atoms with E-state index in [0.29, 0.717) is 10.7 Å². The van der Waals surface area contributed by atoms with E-state index in [2.05, 4.69) is 48.5 Å². The van der Waals surface area contributed by atoms with Crippen molar-refractivity contribution in [2.24, 2.45) is 0 Å². The smallest absolute Gasteiger partial charge is 0.211 e. The molecular weight excluding hydrogens is 392 g/mol. The molecule has 1 atom stereocenters. The van der Waals surface area contributed by atoms with Gasteiger partial charge in [-0.05, 0) is 30.9 Å². The zero-order valence-electron chi connectivity index (χ0n) is 18.0. The summed E-state index contributed by atoms with van der Waals surface area (Å²) in [4.78, 5) is 17.7. The Kier molecular flexibility index (Phi) is 5.36. The average Bonchev–Trinajstić information content (AvgIpc) is 3.05. The molecule has 0 radical (unpaired) electrons. The summed E-state index contributed by atoms with van der Waals surface area (Å²) in [5.41, 5.74) is 4.69. The van der Waals surface area contributed by atoms with Crippen molar-refractivity contribution in [2.45, 2.75) is 57.0 Å². The van der Waals surface area contributed by atoms with E-state index in [0.717, 1.165) is 28.6 Å². The molecule has 0 aliphatic carbocycles. The summed E-state index contributed by atoms with van der Waals surface area (Å²) in [5.74, 6) is 0.0696. The van der Waals surface area contributed by atoms with Crippen molar-refractivity contribution in [2.75, 3.05) is 0 Å². The second-order valence-corrected chi connectivity index (χ2v) is 9.79. The Morgan fingerprint density at radius 1 is 1.07 bits per heavy atom. The van der Waals surface area contributed by atoms with Crippen LogP contribution in [0.5, 0.6) is 0 Å². The Bertz CT molecular complexity index is 1220. The van der Waals surface area contributed by atoms with Crippen LogP contribution in [0.15, 0.2) is 53.7 Å². The molecule has 0 saturated carbocycles. The molecule has 2 aromatic carbocycles. The van der Waals surface area contributed by atoms with Crippen LogP contribution in [0.1, 0.15) is 50.5 Å². The minimum atomic E-state index is -0.302. The second-order valence-electron chi connectivity index (χ2n) is 8.48. The second kappa shape index (κ2) is 7.84. The Hall–Kier alpha value is -2.73. The van der Waals surface area contributed by atoms with Crippen LogP contribution in [0.25, 0.3) is 22.1 Å². The van der Waals surface area contributed by atoms with Gasteiger partial charge in [0.05, 0.1) is 10.8 Å². The van der Waals surface area contributed by atoms with Crippen LogP contribution in [0.3, 0.4) is 0 Å². The number of rotatable bonds is 5. The first-order valence-electron chi connectivity index (χ1n) is 10.2. The van der Waals surface area contributed by atoms with E-state index in [1.54, 1.807) is 0 Å². The van der Waals surface area contributed by atoms with Gasteiger partial charge in [0.2, 0.25) is 5.16 Å². The van der Waals surface area contributed by atoms with Crippen molar-refractivity contribution in [1.82, 2.24) is 19.7 Å². The first-order chi connectivity index (χ1) is 14.3. The molecule has 4 rings (SSSR count). The molecule has 6 heteroatoms. The summed E-state index contributed by atoms with van der Waals surface area (Å²) in [7, 11) is 0. The number of nitrogens with zero attached hydrogens (tertiary/aromatic N) is 4. The van der Waals surface area contributed by atoms with Crippen molar-refractivity contribution >= 4 is 39.6 Å². The summed E-state index contributed by atoms with van der Waals surface area (Å²) < 4.78 is 2.14. The predicted molar refractivity (Wildman–Crippen MR) is 123 cm³/mol. The van der Waals surface area contributed by atoms with Crippen LogP contribution in [-0.2, 0) is 12.0 Å². The Balaban J connectivity index is 1.60. The molecule has 0 aliphatic heterocycles. The van der Waals surface area contributed by atoms with Crippen molar-refractivity contribution in [3.05, 3.63) is 59.7 Å². The van der Waals surface area contributed by atoms with Gasteiger partial charge >= 0.3 is 0 Å². The highest BCUT2D eigenvalue weighted by atomic mass is 32.2. The quantitative estimate of drug-likeness (QED) is 0.309. The van der Waals surface area contributed by atoms with Crippen molar-refractivity contribution < 1.29 is 4.79 Å². The Morgan fingerprint density at radius 3 is 2.43 bits per heavy atom. The highest BCUT2D eigenvalue weighted by molar-refractivity contribution is 8.00. The number of aryl methyl sites for hydroxylation is 1. The average molecular weight is 419 g/mol. The van der Waals surface area contributed by atoms with Gasteiger partial charge in [0.25, 0.3) is 0 Å². The maximum Gasteiger partial charge on any atom is 0.211 e. The number of hydrogen-bond acceptors (Lipinski definition) is 5. The van der Waals surface area contributed by atoms with Crippen LogP contribution < -0.4 is 0 Å². The molecule has 2 aromatic heterocycles. The third-order valence-electron chi connectivity index (χ3n) is 5.36. The van der Waals surface area contributed by atoms with Gasteiger partial charge in [0.15, 0.2) is 11.4 Å². The lowest BCUT2D eigenvalue weighted by Gasteiger charge is -2.19. The third kappa shape index (κ3) is 3.72. The van der Waals surface area contributed by atoms with Crippen LogP contribution in [0.4, 0.5) is 0 Å². The molecule has 4 aromatic rings. The number of aromatic nitrogens is 4. The summed E-state index contributed by atoms with van der Waals surface area (Å²) in [6.45, 7) is 11.3. The number of benzene rings is 2. The molecule has 154 valence electrons. The molecule has 0 amide bonds. The maximum atomic E-state index is 12.9. The van der Waals surface area contributed by atoms with Crippen molar-refractivity contribution in [3.8, 4) is 0 Å². The number of para-hydroxylation sites is 1. The van der Waals surface area contributed by atoms with E-state index in [4.69, 9.17) is 4.98 Å². The lowest BCUT2D eigenvalue weighted by Crippen LogP contribution is -2.16. The SMILES string of the molecule is CCn1c2ccccc2c2nnc(S[C@H](C)C(=O)c3ccc(C(C)(C)C)cc3)nc21. The number of carbonyl (C=O) groups excluding carboxylic acids is 1. The number of Topliss-reactive ketones (excluding diaryl/α,β-unsaturated/α-hetero) is 1. The van der Waals surface area contributed by atoms with E-state index in [1.807, 2.05) is 49.4 Å². The van der Waals surface area contributed by atoms with E-state index in [1.165, 1.54) is 17.3 Å². The summed E-state index contributed by atoms with van der Waals surface area (Å²) in [5, 5.41) is 10.0. The molecule has 0 bridgehead atoms. The fourth-order valence-corrected chi connectivity index (χ4v) is 4.43. The molecular formula is C24H26N4OS. The van der Waals surface area contributed by atoms with E-state index in [9.17, 15) is 4.79 Å². The fourth-order valence-electron chi connectivity index (χ4n) is 3.64. The van der Waals surface area contributed by atoms with Crippen LogP contribution >= 0.6 is 11.8 Å². The minimum absolute atomic E-state index is 0.0641. The summed E-state index contributed by atoms with van der Waals surface area (Å²) in [6.07, 6.45) is 0. The summed E-state index contributed by atoms with van der Waals surface area (Å²) in [6, 6.07) is 16.0. The highest BCUT2D eigenvalue weighted by Crippen LogP contribution is 2.29. The summed E-state index contributed by atoms with van der Waals surface area (Å²) >= 11 is 1.35. The van der Waals surface area contributed by atoms with Gasteiger partial charge < -0.3 is 4.57 Å². The normalized spacial score (nSPS) is 13.1. The topological polar surface area (TPSA) is 60.7 Å². The largest absolute Gasteiger partial charge is 0.324 e. The Morgan fingerprint density at radius 2 is 1.77 bits per heavy atom. The van der Waals surface area contributed by atoms with Gasteiger partial charge in [0.1, 0.15) is 5.52 Å². The lowest BCUT2D eigenvalue weighted by molar-refractivity contribution is 0.0994. The van der Waals surface area contributed by atoms with E-state index < -0.39 is 0 Å². The Labute approximate surface area is 180 Å². The number of thioether (sulfide) groups is 1. The van der Waals surface area contributed by atoms with Crippen LogP contribution in [-0.4, -0.2) is 30.8 Å². The lowest BCUT2D eigenvalue weighted by atomic mass is 9.86. The van der Waals surface area contributed by atoms with Crippen molar-refractivity contribution in [3.63, 3.8) is 0 Å². The number of fused-ring (bicyclic) bond motifs is 3. The zero-order valence-corrected chi connectivity index (χ0v) is 18.8. The molecule has 2 heterocycles. The van der Waals surface area contributed by atoms with E-state index in [-0.39, 0.29) is 16.4 Å². The zero-order chi connectivity index (χ0) is 21.5. The number of ketones is 1. The molecule has 0 fully saturated rings. The first-order valence-corrected chi connectivity index (χ1v) is 11.1. The number of carbonyl (C=O) groups is 1. The molecule has 0 N–H and O–H groups in total. The number of hydrogen-bond donors (Lipinski definition) is 0. The van der Waals surface area contributed by atoms with Crippen molar-refractivity contribution in [1.29, 1.82) is 0 Å². The van der Waals surface area contributed by atoms with Crippen LogP contribution in [0.2, 0.25) is 0 Å². The molecule has 5 nitrogen and oxygen atoms in total. The van der Waals surface area contributed by atoms with Crippen LogP contribution in [0, 0.1) is 0 Å². The third-order valence-corrected chi connectivity index (χ3v) is 6.31. The maximum absolute atomic E-state index is 12.9. The first kappa shape index (κ1) is 20.5. The predicted octanol–water partition coefficient (Wildman–Crippen LogP) is 5.66. The molecule has 0 spiro atoms. The van der Waals surface area contributed by atoms with Gasteiger partial charge in [-0.15, -0.1) is 10.2 Å². The van der Waals surface area contributed by atoms with Gasteiger partial charge in [-0.1, -0.05) is 75.0 Å². The van der Waals surface area contributed by atoms with Gasteiger partial charge in [-0.2, -0.15) is 0 Å². The van der Waals surface area contributed by atoms with Gasteiger partial charge in [-0.25, -0.2) is 4.98 Å². The van der Waals surface area contributed by atoms with Gasteiger partial charge in [-0.3, -0.25) is 4.79 Å². The van der Waals surface area contributed by atoms with E-state index >= 15 is 0 Å². The monoisotopic (exact) mass is 418 g/mol. The fraction of sp³-hybridized carbons (Fsp3) is 0.333. The molecule has 0 unspecified atom stereocenters. The van der Waals surface area contributed by atoms with Gasteiger partial charge in [0, 0.05) is 17.5 Å².